The van der Waals surface area contributed by atoms with Crippen molar-refractivity contribution in [2.75, 3.05) is 5.32 Å². The predicted octanol–water partition coefficient (Wildman–Crippen LogP) is 3.30. The molecule has 9 heteroatoms. The van der Waals surface area contributed by atoms with E-state index in [9.17, 15) is 10.1 Å². The lowest BCUT2D eigenvalue weighted by Gasteiger charge is -2.15. The number of aryl methyl sites for hydroxylation is 1. The van der Waals surface area contributed by atoms with Gasteiger partial charge in [-0.05, 0) is 42.5 Å². The van der Waals surface area contributed by atoms with E-state index < -0.39 is 4.92 Å². The third-order valence-corrected chi connectivity index (χ3v) is 4.39. The number of fused-ring (bicyclic) bond motifs is 1. The van der Waals surface area contributed by atoms with Crippen molar-refractivity contribution in [1.29, 1.82) is 0 Å². The number of anilines is 1. The molecule has 0 fully saturated rings. The molecule has 1 atom stereocenters. The summed E-state index contributed by atoms with van der Waals surface area (Å²) in [4.78, 5) is 18.8. The standard InChI is InChI=1S/C18H17N7O2/c1-12(14-3-5-15(6-4-14)23-10-9-19-13(23)2)21-16-7-8-17-20-11-18(25(26)27)24(17)22-16/h3-12H,1-2H3,(H,21,22). The van der Waals surface area contributed by atoms with Crippen LogP contribution < -0.4 is 5.32 Å². The second-order valence-corrected chi connectivity index (χ2v) is 6.16. The highest BCUT2D eigenvalue weighted by atomic mass is 16.6. The Morgan fingerprint density at radius 2 is 1.93 bits per heavy atom. The SMILES string of the molecule is Cc1nccn1-c1ccc(C(C)Nc2ccc3ncc([N+](=O)[O-])n3n2)cc1. The minimum atomic E-state index is -0.503. The van der Waals surface area contributed by atoms with Gasteiger partial charge >= 0.3 is 5.82 Å². The van der Waals surface area contributed by atoms with Crippen molar-refractivity contribution in [2.24, 2.45) is 0 Å². The van der Waals surface area contributed by atoms with Gasteiger partial charge in [0.2, 0.25) is 5.65 Å². The Bertz CT molecular complexity index is 1110. The van der Waals surface area contributed by atoms with Crippen LogP contribution in [0.5, 0.6) is 0 Å². The molecule has 0 saturated carbocycles. The number of benzene rings is 1. The van der Waals surface area contributed by atoms with Gasteiger partial charge in [-0.25, -0.2) is 9.97 Å². The summed E-state index contributed by atoms with van der Waals surface area (Å²) < 4.78 is 3.23. The molecule has 0 bridgehead atoms. The van der Waals surface area contributed by atoms with Crippen molar-refractivity contribution in [1.82, 2.24) is 24.1 Å². The maximum absolute atomic E-state index is 11.1. The second-order valence-electron chi connectivity index (χ2n) is 6.16. The molecule has 0 saturated heterocycles. The minimum Gasteiger partial charge on any atom is -0.360 e. The Balaban J connectivity index is 1.56. The van der Waals surface area contributed by atoms with Crippen molar-refractivity contribution in [3.63, 3.8) is 0 Å². The third kappa shape index (κ3) is 3.10. The molecule has 9 nitrogen and oxygen atoms in total. The van der Waals surface area contributed by atoms with Crippen LogP contribution in [0.2, 0.25) is 0 Å². The molecule has 0 aliphatic rings. The molecule has 1 N–H and O–H groups in total. The zero-order chi connectivity index (χ0) is 19.0. The fourth-order valence-electron chi connectivity index (χ4n) is 2.94. The monoisotopic (exact) mass is 363 g/mol. The molecule has 3 aromatic heterocycles. The van der Waals surface area contributed by atoms with E-state index >= 15 is 0 Å². The number of imidazole rings is 2. The van der Waals surface area contributed by atoms with E-state index in [1.54, 1.807) is 18.3 Å². The molecule has 4 aromatic rings. The Labute approximate surface area is 154 Å². The van der Waals surface area contributed by atoms with E-state index in [1.165, 1.54) is 10.7 Å². The van der Waals surface area contributed by atoms with Crippen molar-refractivity contribution < 1.29 is 4.92 Å². The lowest BCUT2D eigenvalue weighted by Crippen LogP contribution is -2.10. The zero-order valence-corrected chi connectivity index (χ0v) is 14.8. The number of nitrogens with one attached hydrogen (secondary N) is 1. The van der Waals surface area contributed by atoms with Gasteiger partial charge in [-0.1, -0.05) is 21.7 Å². The summed E-state index contributed by atoms with van der Waals surface area (Å²) >= 11 is 0. The first-order valence-corrected chi connectivity index (χ1v) is 8.39. The van der Waals surface area contributed by atoms with Crippen LogP contribution in [-0.4, -0.2) is 29.1 Å². The Kier molecular flexibility index (Phi) is 4.03. The van der Waals surface area contributed by atoms with E-state index in [1.807, 2.05) is 48.9 Å². The molecule has 4 rings (SSSR count). The predicted molar refractivity (Wildman–Crippen MR) is 100.0 cm³/mol. The quantitative estimate of drug-likeness (QED) is 0.431. The molecule has 27 heavy (non-hydrogen) atoms. The third-order valence-electron chi connectivity index (χ3n) is 4.39. The summed E-state index contributed by atoms with van der Waals surface area (Å²) in [5.41, 5.74) is 2.54. The van der Waals surface area contributed by atoms with E-state index in [2.05, 4.69) is 20.4 Å². The van der Waals surface area contributed by atoms with Crippen LogP contribution in [0.1, 0.15) is 24.4 Å². The first-order valence-electron chi connectivity index (χ1n) is 8.39. The van der Waals surface area contributed by atoms with Gasteiger partial charge in [0, 0.05) is 24.1 Å². The fraction of sp³-hybridized carbons (Fsp3) is 0.167. The largest absolute Gasteiger partial charge is 0.368 e. The van der Waals surface area contributed by atoms with Gasteiger partial charge in [0.25, 0.3) is 0 Å². The maximum Gasteiger partial charge on any atom is 0.368 e. The average Bonchev–Trinajstić information content (AvgIpc) is 3.27. The van der Waals surface area contributed by atoms with Gasteiger partial charge in [0.05, 0.1) is 6.04 Å². The number of hydrogen-bond donors (Lipinski definition) is 1. The minimum absolute atomic E-state index is 0.0320. The van der Waals surface area contributed by atoms with Crippen molar-refractivity contribution in [2.45, 2.75) is 19.9 Å². The highest BCUT2D eigenvalue weighted by Crippen LogP contribution is 2.21. The average molecular weight is 363 g/mol. The molecule has 0 spiro atoms. The number of aromatic nitrogens is 5. The van der Waals surface area contributed by atoms with E-state index in [-0.39, 0.29) is 11.9 Å². The fourth-order valence-corrected chi connectivity index (χ4v) is 2.94. The number of nitrogens with zero attached hydrogens (tertiary/aromatic N) is 6. The molecular weight excluding hydrogens is 346 g/mol. The van der Waals surface area contributed by atoms with Crippen LogP contribution in [0.25, 0.3) is 11.3 Å². The van der Waals surface area contributed by atoms with Gasteiger partial charge in [0.15, 0.2) is 5.82 Å². The maximum atomic E-state index is 11.1. The molecule has 1 unspecified atom stereocenters. The molecular formula is C18H17N7O2. The van der Waals surface area contributed by atoms with Crippen LogP contribution in [0.4, 0.5) is 11.6 Å². The first-order chi connectivity index (χ1) is 13.0. The topological polar surface area (TPSA) is 103 Å². The van der Waals surface area contributed by atoms with Gasteiger partial charge < -0.3 is 20.0 Å². The summed E-state index contributed by atoms with van der Waals surface area (Å²) in [7, 11) is 0. The van der Waals surface area contributed by atoms with Crippen LogP contribution in [0.15, 0.2) is 55.0 Å². The molecule has 0 amide bonds. The summed E-state index contributed by atoms with van der Waals surface area (Å²) in [6, 6.07) is 11.5. The summed E-state index contributed by atoms with van der Waals surface area (Å²) in [6.07, 6.45) is 4.89. The Hall–Kier alpha value is -3.75. The summed E-state index contributed by atoms with van der Waals surface area (Å²) in [6.45, 7) is 3.96. The highest BCUT2D eigenvalue weighted by molar-refractivity contribution is 5.49. The van der Waals surface area contributed by atoms with Gasteiger partial charge in [-0.15, -0.1) is 0 Å². The van der Waals surface area contributed by atoms with Crippen LogP contribution in [0, 0.1) is 17.0 Å². The summed E-state index contributed by atoms with van der Waals surface area (Å²) in [5.74, 6) is 1.29. The van der Waals surface area contributed by atoms with Crippen LogP contribution in [-0.2, 0) is 0 Å². The molecule has 1 aromatic carbocycles. The van der Waals surface area contributed by atoms with E-state index in [0.29, 0.717) is 11.5 Å². The van der Waals surface area contributed by atoms with Crippen molar-refractivity contribution in [3.8, 4) is 5.69 Å². The van der Waals surface area contributed by atoms with Gasteiger partial charge in [-0.3, -0.25) is 0 Å². The van der Waals surface area contributed by atoms with E-state index in [0.717, 1.165) is 17.1 Å². The van der Waals surface area contributed by atoms with Crippen LogP contribution >= 0.6 is 0 Å². The molecule has 0 aliphatic heterocycles. The molecule has 0 radical (unpaired) electrons. The molecule has 3 heterocycles. The number of nitro groups is 1. The van der Waals surface area contributed by atoms with Crippen molar-refractivity contribution >= 4 is 17.3 Å². The Morgan fingerprint density at radius 3 is 2.59 bits per heavy atom. The first kappa shape index (κ1) is 16.7. The summed E-state index contributed by atoms with van der Waals surface area (Å²) in [5, 5.41) is 18.6. The van der Waals surface area contributed by atoms with Crippen LogP contribution in [0.3, 0.4) is 0 Å². The number of rotatable bonds is 5. The van der Waals surface area contributed by atoms with Gasteiger partial charge in [-0.2, -0.15) is 0 Å². The smallest absolute Gasteiger partial charge is 0.360 e. The molecule has 0 aliphatic carbocycles. The Morgan fingerprint density at radius 1 is 1.15 bits per heavy atom. The number of hydrogen-bond acceptors (Lipinski definition) is 6. The highest BCUT2D eigenvalue weighted by Gasteiger charge is 2.17. The normalized spacial score (nSPS) is 12.2. The molecule has 136 valence electrons. The lowest BCUT2D eigenvalue weighted by atomic mass is 10.1. The second kappa shape index (κ2) is 6.52. The zero-order valence-electron chi connectivity index (χ0n) is 14.8. The van der Waals surface area contributed by atoms with Gasteiger partial charge in [0.1, 0.15) is 12.0 Å². The van der Waals surface area contributed by atoms with E-state index in [4.69, 9.17) is 0 Å². The lowest BCUT2D eigenvalue weighted by molar-refractivity contribution is -0.391. The van der Waals surface area contributed by atoms with Crippen molar-refractivity contribution in [3.05, 3.63) is 76.5 Å².